The van der Waals surface area contributed by atoms with Gasteiger partial charge in [0.25, 0.3) is 0 Å². The monoisotopic (exact) mass is 459 g/mol. The van der Waals surface area contributed by atoms with Crippen molar-refractivity contribution in [3.63, 3.8) is 0 Å². The highest BCUT2D eigenvalue weighted by atomic mass is 35.5. The minimum atomic E-state index is -0.405. The minimum Gasteiger partial charge on any atom is -0.465 e. The second kappa shape index (κ2) is 10.1. The van der Waals surface area contributed by atoms with E-state index in [0.29, 0.717) is 33.9 Å². The Kier molecular flexibility index (Phi) is 7.51. The molecule has 0 fully saturated rings. The van der Waals surface area contributed by atoms with Crippen LogP contribution in [0.25, 0.3) is 22.2 Å². The molecule has 2 aromatic carbocycles. The van der Waals surface area contributed by atoms with Gasteiger partial charge in [0.05, 0.1) is 12.1 Å². The van der Waals surface area contributed by atoms with Crippen LogP contribution in [0.2, 0.25) is 5.02 Å². The van der Waals surface area contributed by atoms with Gasteiger partial charge in [-0.25, -0.2) is 4.39 Å². The number of carbonyl (C=O) groups excluding carboxylic acids is 2. The first kappa shape index (κ1) is 23.7. The SMILES string of the molecule is CCOC(=O)Cn1nc(-c2ccc(F)cc2CN(CC)C(=O)C(C)C)c2cc(Cl)ccc21. The van der Waals surface area contributed by atoms with Gasteiger partial charge in [-0.05, 0) is 55.8 Å². The van der Waals surface area contributed by atoms with Crippen LogP contribution < -0.4 is 0 Å². The quantitative estimate of drug-likeness (QED) is 0.441. The molecule has 8 heteroatoms. The molecule has 0 aliphatic heterocycles. The van der Waals surface area contributed by atoms with Crippen molar-refractivity contribution in [3.8, 4) is 11.3 Å². The van der Waals surface area contributed by atoms with E-state index in [-0.39, 0.29) is 31.5 Å². The van der Waals surface area contributed by atoms with Crippen molar-refractivity contribution in [2.24, 2.45) is 5.92 Å². The number of ether oxygens (including phenoxy) is 1. The number of nitrogens with zero attached hydrogens (tertiary/aromatic N) is 3. The van der Waals surface area contributed by atoms with Gasteiger partial charge in [0.2, 0.25) is 5.91 Å². The lowest BCUT2D eigenvalue weighted by molar-refractivity contribution is -0.144. The van der Waals surface area contributed by atoms with E-state index in [0.717, 1.165) is 5.39 Å². The molecule has 0 N–H and O–H groups in total. The lowest BCUT2D eigenvalue weighted by atomic mass is 10.0. The summed E-state index contributed by atoms with van der Waals surface area (Å²) >= 11 is 6.25. The third-order valence-corrected chi connectivity index (χ3v) is 5.40. The number of amides is 1. The van der Waals surface area contributed by atoms with Crippen LogP contribution >= 0.6 is 11.6 Å². The molecular weight excluding hydrogens is 433 g/mol. The minimum absolute atomic E-state index is 0.0107. The van der Waals surface area contributed by atoms with E-state index < -0.39 is 11.8 Å². The Morgan fingerprint density at radius 1 is 1.19 bits per heavy atom. The number of halogens is 2. The van der Waals surface area contributed by atoms with Crippen LogP contribution in [0.4, 0.5) is 4.39 Å². The van der Waals surface area contributed by atoms with Crippen LogP contribution in [0.1, 0.15) is 33.3 Å². The Bertz CT molecular complexity index is 1140. The summed E-state index contributed by atoms with van der Waals surface area (Å²) in [6.07, 6.45) is 0. The fourth-order valence-electron chi connectivity index (χ4n) is 3.64. The summed E-state index contributed by atoms with van der Waals surface area (Å²) in [5.74, 6) is -0.985. The third-order valence-electron chi connectivity index (χ3n) is 5.17. The highest BCUT2D eigenvalue weighted by Gasteiger charge is 2.21. The molecule has 0 bridgehead atoms. The summed E-state index contributed by atoms with van der Waals surface area (Å²) in [4.78, 5) is 26.4. The van der Waals surface area contributed by atoms with E-state index in [1.807, 2.05) is 20.8 Å². The van der Waals surface area contributed by atoms with Gasteiger partial charge in [-0.2, -0.15) is 5.10 Å². The first-order valence-electron chi connectivity index (χ1n) is 10.6. The Hall–Kier alpha value is -2.93. The average Bonchev–Trinajstić information content (AvgIpc) is 3.08. The summed E-state index contributed by atoms with van der Waals surface area (Å²) in [6, 6.07) is 9.72. The Morgan fingerprint density at radius 2 is 1.94 bits per heavy atom. The maximum Gasteiger partial charge on any atom is 0.327 e. The van der Waals surface area contributed by atoms with E-state index in [1.165, 1.54) is 12.1 Å². The summed E-state index contributed by atoms with van der Waals surface area (Å²) in [5.41, 5.74) is 2.58. The van der Waals surface area contributed by atoms with Crippen LogP contribution in [-0.4, -0.2) is 39.7 Å². The van der Waals surface area contributed by atoms with Crippen molar-refractivity contribution >= 4 is 34.4 Å². The van der Waals surface area contributed by atoms with Crippen molar-refractivity contribution in [2.75, 3.05) is 13.2 Å². The van der Waals surface area contributed by atoms with Crippen molar-refractivity contribution in [1.82, 2.24) is 14.7 Å². The second-order valence-corrected chi connectivity index (χ2v) is 8.22. The van der Waals surface area contributed by atoms with Gasteiger partial charge in [-0.3, -0.25) is 14.3 Å². The molecule has 0 unspecified atom stereocenters. The van der Waals surface area contributed by atoms with Gasteiger partial charge in [0, 0.05) is 35.0 Å². The largest absolute Gasteiger partial charge is 0.465 e. The summed E-state index contributed by atoms with van der Waals surface area (Å²) in [7, 11) is 0. The Morgan fingerprint density at radius 3 is 2.59 bits per heavy atom. The molecule has 0 spiro atoms. The predicted molar refractivity (Wildman–Crippen MR) is 123 cm³/mol. The van der Waals surface area contributed by atoms with Crippen LogP contribution in [-0.2, 0) is 27.4 Å². The number of carbonyl (C=O) groups is 2. The number of benzene rings is 2. The molecular formula is C24H27ClFN3O3. The number of rotatable bonds is 8. The number of aromatic nitrogens is 2. The number of fused-ring (bicyclic) bond motifs is 1. The van der Waals surface area contributed by atoms with Gasteiger partial charge in [-0.15, -0.1) is 0 Å². The standard InChI is InChI=1S/C24H27ClFN3O3/c1-5-28(24(31)15(3)4)13-16-11-18(26)8-9-19(16)23-20-12-17(25)7-10-21(20)29(27-23)14-22(30)32-6-2/h7-12,15H,5-6,13-14H2,1-4H3. The molecule has 3 aromatic rings. The summed E-state index contributed by atoms with van der Waals surface area (Å²) in [5, 5.41) is 5.90. The molecule has 0 aliphatic carbocycles. The lowest BCUT2D eigenvalue weighted by Gasteiger charge is -2.24. The van der Waals surface area contributed by atoms with Crippen molar-refractivity contribution in [3.05, 3.63) is 52.8 Å². The molecule has 1 heterocycles. The first-order valence-corrected chi connectivity index (χ1v) is 11.0. The third kappa shape index (κ3) is 5.10. The number of hydrogen-bond acceptors (Lipinski definition) is 4. The summed E-state index contributed by atoms with van der Waals surface area (Å²) in [6.45, 7) is 8.26. The van der Waals surface area contributed by atoms with Crippen LogP contribution in [0, 0.1) is 11.7 Å². The molecule has 0 saturated carbocycles. The lowest BCUT2D eigenvalue weighted by Crippen LogP contribution is -2.33. The maximum atomic E-state index is 14.2. The number of esters is 1. The fourth-order valence-corrected chi connectivity index (χ4v) is 3.81. The molecule has 1 amide bonds. The zero-order chi connectivity index (χ0) is 23.4. The van der Waals surface area contributed by atoms with Crippen molar-refractivity contribution < 1.29 is 18.7 Å². The molecule has 0 radical (unpaired) electrons. The molecule has 1 aromatic heterocycles. The van der Waals surface area contributed by atoms with Gasteiger partial charge in [0.1, 0.15) is 18.1 Å². The second-order valence-electron chi connectivity index (χ2n) is 7.78. The smallest absolute Gasteiger partial charge is 0.327 e. The predicted octanol–water partition coefficient (Wildman–Crippen LogP) is 5.06. The highest BCUT2D eigenvalue weighted by molar-refractivity contribution is 6.31. The molecule has 0 atom stereocenters. The van der Waals surface area contributed by atoms with Crippen LogP contribution in [0.3, 0.4) is 0 Å². The van der Waals surface area contributed by atoms with E-state index in [2.05, 4.69) is 5.10 Å². The molecule has 0 saturated heterocycles. The zero-order valence-corrected chi connectivity index (χ0v) is 19.4. The molecule has 170 valence electrons. The van der Waals surface area contributed by atoms with E-state index in [9.17, 15) is 14.0 Å². The van der Waals surface area contributed by atoms with E-state index in [4.69, 9.17) is 16.3 Å². The van der Waals surface area contributed by atoms with Crippen molar-refractivity contribution in [2.45, 2.75) is 40.8 Å². The Balaban J connectivity index is 2.13. The number of hydrogen-bond donors (Lipinski definition) is 0. The summed E-state index contributed by atoms with van der Waals surface area (Å²) < 4.78 is 20.8. The van der Waals surface area contributed by atoms with Crippen LogP contribution in [0.15, 0.2) is 36.4 Å². The van der Waals surface area contributed by atoms with Gasteiger partial charge >= 0.3 is 5.97 Å². The van der Waals surface area contributed by atoms with Gasteiger partial charge in [0.15, 0.2) is 0 Å². The van der Waals surface area contributed by atoms with Gasteiger partial charge in [-0.1, -0.05) is 25.4 Å². The van der Waals surface area contributed by atoms with E-state index >= 15 is 0 Å². The molecule has 32 heavy (non-hydrogen) atoms. The normalized spacial score (nSPS) is 11.2. The topological polar surface area (TPSA) is 64.4 Å². The highest BCUT2D eigenvalue weighted by Crippen LogP contribution is 2.33. The molecule has 3 rings (SSSR count). The zero-order valence-electron chi connectivity index (χ0n) is 18.7. The van der Waals surface area contributed by atoms with Gasteiger partial charge < -0.3 is 9.64 Å². The molecule has 0 aliphatic rings. The Labute approximate surface area is 191 Å². The van der Waals surface area contributed by atoms with Crippen LogP contribution in [0.5, 0.6) is 0 Å². The maximum absolute atomic E-state index is 14.2. The fraction of sp³-hybridized carbons (Fsp3) is 0.375. The first-order chi connectivity index (χ1) is 15.2. The van der Waals surface area contributed by atoms with E-state index in [1.54, 1.807) is 40.8 Å². The molecule has 6 nitrogen and oxygen atoms in total. The average molecular weight is 460 g/mol. The van der Waals surface area contributed by atoms with Crippen molar-refractivity contribution in [1.29, 1.82) is 0 Å².